The zero-order chi connectivity index (χ0) is 14.3. The third-order valence-corrected chi connectivity index (χ3v) is 4.81. The molecule has 3 rings (SSSR count). The van der Waals surface area contributed by atoms with Crippen LogP contribution in [0.1, 0.15) is 46.0 Å². The van der Waals surface area contributed by atoms with E-state index in [-0.39, 0.29) is 36.0 Å². The third kappa shape index (κ3) is 2.43. The van der Waals surface area contributed by atoms with Gasteiger partial charge >= 0.3 is 0 Å². The molecular weight excluding hydrogens is 256 g/mol. The Morgan fingerprint density at radius 3 is 2.70 bits per heavy atom. The predicted octanol–water partition coefficient (Wildman–Crippen LogP) is 1.17. The summed E-state index contributed by atoms with van der Waals surface area (Å²) in [6.45, 7) is 5.80. The van der Waals surface area contributed by atoms with Gasteiger partial charge in [0.1, 0.15) is 12.6 Å². The first-order valence-corrected chi connectivity index (χ1v) is 7.72. The maximum absolute atomic E-state index is 12.7. The lowest BCUT2D eigenvalue weighted by atomic mass is 9.90. The summed E-state index contributed by atoms with van der Waals surface area (Å²) in [5, 5.41) is 0. The van der Waals surface area contributed by atoms with Crippen molar-refractivity contribution in [1.29, 1.82) is 0 Å². The average Bonchev–Trinajstić information content (AvgIpc) is 2.42. The lowest BCUT2D eigenvalue weighted by Gasteiger charge is -2.48. The molecule has 3 aliphatic rings. The molecule has 0 aliphatic carbocycles. The van der Waals surface area contributed by atoms with E-state index in [0.29, 0.717) is 6.61 Å². The van der Waals surface area contributed by atoms with Gasteiger partial charge in [0.2, 0.25) is 11.8 Å². The molecule has 5 nitrogen and oxygen atoms in total. The van der Waals surface area contributed by atoms with Gasteiger partial charge in [-0.15, -0.1) is 0 Å². The van der Waals surface area contributed by atoms with Crippen molar-refractivity contribution in [1.82, 2.24) is 9.80 Å². The summed E-state index contributed by atoms with van der Waals surface area (Å²) >= 11 is 0. The zero-order valence-electron chi connectivity index (χ0n) is 12.4. The van der Waals surface area contributed by atoms with E-state index >= 15 is 0 Å². The number of carbonyl (C=O) groups is 2. The Morgan fingerprint density at radius 1 is 1.15 bits per heavy atom. The molecule has 3 saturated heterocycles. The minimum Gasteiger partial charge on any atom is -0.375 e. The first-order valence-electron chi connectivity index (χ1n) is 7.72. The summed E-state index contributed by atoms with van der Waals surface area (Å²) in [5.41, 5.74) is -0.198. The topological polar surface area (TPSA) is 49.9 Å². The molecule has 5 heteroatoms. The van der Waals surface area contributed by atoms with E-state index in [2.05, 4.69) is 13.8 Å². The van der Waals surface area contributed by atoms with Crippen LogP contribution in [-0.2, 0) is 14.3 Å². The van der Waals surface area contributed by atoms with E-state index in [1.807, 2.05) is 4.90 Å². The smallest absolute Gasteiger partial charge is 0.246 e. The first kappa shape index (κ1) is 13.9. The van der Waals surface area contributed by atoms with Crippen LogP contribution < -0.4 is 0 Å². The van der Waals surface area contributed by atoms with Crippen LogP contribution in [0.3, 0.4) is 0 Å². The molecule has 20 heavy (non-hydrogen) atoms. The van der Waals surface area contributed by atoms with Crippen molar-refractivity contribution in [2.24, 2.45) is 0 Å². The standard InChI is InChI=1S/C15H24N2O3/c1-15(2)9-11(6-8-20-15)17-10-13(18)16-7-4-3-5-12(16)14(17)19/h11-12H,3-10H2,1-2H3. The van der Waals surface area contributed by atoms with Gasteiger partial charge in [-0.05, 0) is 46.0 Å². The maximum Gasteiger partial charge on any atom is 0.246 e. The molecule has 0 aromatic rings. The largest absolute Gasteiger partial charge is 0.375 e. The maximum atomic E-state index is 12.7. The van der Waals surface area contributed by atoms with Crippen molar-refractivity contribution in [2.45, 2.75) is 63.6 Å². The predicted molar refractivity (Wildman–Crippen MR) is 74.1 cm³/mol. The van der Waals surface area contributed by atoms with Crippen molar-refractivity contribution < 1.29 is 14.3 Å². The van der Waals surface area contributed by atoms with E-state index in [0.717, 1.165) is 38.6 Å². The van der Waals surface area contributed by atoms with Crippen LogP contribution in [0.5, 0.6) is 0 Å². The number of fused-ring (bicyclic) bond motifs is 1. The monoisotopic (exact) mass is 280 g/mol. The summed E-state index contributed by atoms with van der Waals surface area (Å²) in [6.07, 6.45) is 4.56. The summed E-state index contributed by atoms with van der Waals surface area (Å²) in [6, 6.07) is -0.0461. The van der Waals surface area contributed by atoms with Gasteiger partial charge in [-0.1, -0.05) is 0 Å². The Morgan fingerprint density at radius 2 is 1.95 bits per heavy atom. The van der Waals surface area contributed by atoms with E-state index in [1.165, 1.54) is 0 Å². The second-order valence-electron chi connectivity index (χ2n) is 6.82. The molecule has 0 N–H and O–H groups in total. The molecule has 3 heterocycles. The number of amides is 2. The number of hydrogen-bond acceptors (Lipinski definition) is 3. The molecule has 2 amide bonds. The van der Waals surface area contributed by atoms with Gasteiger partial charge < -0.3 is 14.5 Å². The molecule has 3 aliphatic heterocycles. The molecule has 112 valence electrons. The van der Waals surface area contributed by atoms with Crippen molar-refractivity contribution in [3.63, 3.8) is 0 Å². The summed E-state index contributed by atoms with van der Waals surface area (Å²) < 4.78 is 5.72. The fourth-order valence-electron chi connectivity index (χ4n) is 3.77. The highest BCUT2D eigenvalue weighted by molar-refractivity contribution is 5.95. The number of piperazine rings is 1. The van der Waals surface area contributed by atoms with Gasteiger partial charge in [0, 0.05) is 19.2 Å². The quantitative estimate of drug-likeness (QED) is 0.724. The fourth-order valence-corrected chi connectivity index (χ4v) is 3.77. The molecule has 2 atom stereocenters. The number of ether oxygens (including phenoxy) is 1. The Bertz CT molecular complexity index is 421. The first-order chi connectivity index (χ1) is 9.48. The fraction of sp³-hybridized carbons (Fsp3) is 0.867. The Balaban J connectivity index is 1.76. The van der Waals surface area contributed by atoms with Crippen LogP contribution >= 0.6 is 0 Å². The minimum atomic E-state index is -0.198. The SMILES string of the molecule is CC1(C)CC(N2CC(=O)N3CCCCC3C2=O)CCO1. The van der Waals surface area contributed by atoms with E-state index < -0.39 is 0 Å². The van der Waals surface area contributed by atoms with Crippen LogP contribution in [0, 0.1) is 0 Å². The van der Waals surface area contributed by atoms with E-state index in [9.17, 15) is 9.59 Å². The lowest BCUT2D eigenvalue weighted by molar-refractivity contribution is -0.165. The molecular formula is C15H24N2O3. The molecule has 0 radical (unpaired) electrons. The van der Waals surface area contributed by atoms with E-state index in [4.69, 9.17) is 4.74 Å². The number of nitrogens with zero attached hydrogens (tertiary/aromatic N) is 2. The molecule has 0 aromatic carbocycles. The summed E-state index contributed by atoms with van der Waals surface area (Å²) in [4.78, 5) is 28.6. The molecule has 0 aromatic heterocycles. The molecule has 2 unspecified atom stereocenters. The van der Waals surface area contributed by atoms with Crippen molar-refractivity contribution in [3.8, 4) is 0 Å². The number of hydrogen-bond donors (Lipinski definition) is 0. The van der Waals surface area contributed by atoms with Crippen LogP contribution in [-0.4, -0.2) is 59.0 Å². The van der Waals surface area contributed by atoms with E-state index in [1.54, 1.807) is 4.90 Å². The highest BCUT2D eigenvalue weighted by Gasteiger charge is 2.44. The minimum absolute atomic E-state index is 0.124. The molecule has 0 saturated carbocycles. The second-order valence-corrected chi connectivity index (χ2v) is 6.82. The van der Waals surface area contributed by atoms with Gasteiger partial charge in [-0.2, -0.15) is 0 Å². The number of carbonyl (C=O) groups excluding carboxylic acids is 2. The van der Waals surface area contributed by atoms with Crippen molar-refractivity contribution in [2.75, 3.05) is 19.7 Å². The molecule has 3 fully saturated rings. The second kappa shape index (κ2) is 5.02. The van der Waals surface area contributed by atoms with Gasteiger partial charge in [0.05, 0.1) is 5.60 Å². The van der Waals surface area contributed by atoms with Gasteiger partial charge in [0.25, 0.3) is 0 Å². The van der Waals surface area contributed by atoms with Crippen molar-refractivity contribution >= 4 is 11.8 Å². The zero-order valence-corrected chi connectivity index (χ0v) is 12.4. The van der Waals surface area contributed by atoms with Crippen LogP contribution in [0.4, 0.5) is 0 Å². The van der Waals surface area contributed by atoms with Crippen molar-refractivity contribution in [3.05, 3.63) is 0 Å². The van der Waals surface area contributed by atoms with Crippen LogP contribution in [0.15, 0.2) is 0 Å². The third-order valence-electron chi connectivity index (χ3n) is 4.81. The number of rotatable bonds is 1. The molecule has 0 spiro atoms. The number of piperidine rings is 1. The Hall–Kier alpha value is -1.10. The summed E-state index contributed by atoms with van der Waals surface area (Å²) in [5.74, 6) is 0.283. The van der Waals surface area contributed by atoms with Gasteiger partial charge in [-0.25, -0.2) is 0 Å². The van der Waals surface area contributed by atoms with Gasteiger partial charge in [0.15, 0.2) is 0 Å². The Labute approximate surface area is 120 Å². The van der Waals surface area contributed by atoms with Crippen LogP contribution in [0.2, 0.25) is 0 Å². The highest BCUT2D eigenvalue weighted by atomic mass is 16.5. The lowest BCUT2D eigenvalue weighted by Crippen LogP contribution is -2.64. The summed E-state index contributed by atoms with van der Waals surface area (Å²) in [7, 11) is 0. The average molecular weight is 280 g/mol. The van der Waals surface area contributed by atoms with Crippen LogP contribution in [0.25, 0.3) is 0 Å². The highest BCUT2D eigenvalue weighted by Crippen LogP contribution is 2.31. The van der Waals surface area contributed by atoms with Gasteiger partial charge in [-0.3, -0.25) is 9.59 Å². The normalized spacial score (nSPS) is 34.1. The Kier molecular flexibility index (Phi) is 3.48. The molecule has 0 bridgehead atoms.